The van der Waals surface area contributed by atoms with Crippen LogP contribution < -0.4 is 15.4 Å². The van der Waals surface area contributed by atoms with E-state index in [1.807, 2.05) is 61.5 Å². The summed E-state index contributed by atoms with van der Waals surface area (Å²) in [7, 11) is 0. The first-order valence-corrected chi connectivity index (χ1v) is 12.3. The summed E-state index contributed by atoms with van der Waals surface area (Å²) in [5, 5.41) is 6.22. The summed E-state index contributed by atoms with van der Waals surface area (Å²) >= 11 is 11.8. The molecule has 0 aliphatic heterocycles. The lowest BCUT2D eigenvalue weighted by atomic mass is 10.2. The van der Waals surface area contributed by atoms with Crippen molar-refractivity contribution >= 4 is 51.6 Å². The molecule has 4 aromatic carbocycles. The number of aromatic nitrogens is 1. The number of nitrogens with one attached hydrogen (secondary N) is 2. The van der Waals surface area contributed by atoms with E-state index >= 15 is 0 Å². The van der Waals surface area contributed by atoms with Crippen LogP contribution in [0.2, 0.25) is 5.02 Å². The summed E-state index contributed by atoms with van der Waals surface area (Å²) in [6.45, 7) is 2.40. The highest BCUT2D eigenvalue weighted by Crippen LogP contribution is 2.30. The van der Waals surface area contributed by atoms with Gasteiger partial charge < -0.3 is 14.5 Å². The number of carbonyl (C=O) groups is 1. The number of hydrogen-bond donors (Lipinski definition) is 2. The predicted molar refractivity (Wildman–Crippen MR) is 150 cm³/mol. The standard InChI is InChI=1S/C29H22ClN3O3S/c1-18-10-13-26-25(14-18)31-28(36-26)21-11-12-23(30)24(16-21)32-29(37)33-27(34)20-8-5-9-22(15-20)35-17-19-6-3-2-4-7-19/h2-16H,17H2,1H3,(H2,32,33,34,37). The van der Waals surface area contributed by atoms with Gasteiger partial charge in [-0.25, -0.2) is 4.98 Å². The van der Waals surface area contributed by atoms with Gasteiger partial charge in [0, 0.05) is 11.1 Å². The lowest BCUT2D eigenvalue weighted by molar-refractivity contribution is 0.0977. The van der Waals surface area contributed by atoms with Crippen molar-refractivity contribution in [2.24, 2.45) is 0 Å². The number of rotatable bonds is 6. The van der Waals surface area contributed by atoms with Gasteiger partial charge in [0.2, 0.25) is 5.89 Å². The highest BCUT2D eigenvalue weighted by Gasteiger charge is 2.14. The third kappa shape index (κ3) is 5.97. The van der Waals surface area contributed by atoms with E-state index in [-0.39, 0.29) is 11.0 Å². The number of amides is 1. The molecule has 0 spiro atoms. The second kappa shape index (κ2) is 10.8. The zero-order valence-electron chi connectivity index (χ0n) is 19.8. The minimum atomic E-state index is -0.371. The molecule has 1 amide bonds. The van der Waals surface area contributed by atoms with Gasteiger partial charge in [-0.1, -0.05) is 54.1 Å². The number of benzene rings is 4. The molecule has 0 unspecified atom stereocenters. The van der Waals surface area contributed by atoms with Crippen molar-refractivity contribution in [1.82, 2.24) is 10.3 Å². The largest absolute Gasteiger partial charge is 0.489 e. The van der Waals surface area contributed by atoms with Gasteiger partial charge in [-0.2, -0.15) is 0 Å². The maximum Gasteiger partial charge on any atom is 0.257 e. The number of ether oxygens (including phenoxy) is 1. The van der Waals surface area contributed by atoms with Gasteiger partial charge in [0.25, 0.3) is 5.91 Å². The molecule has 8 heteroatoms. The van der Waals surface area contributed by atoms with Crippen LogP contribution in [0.5, 0.6) is 5.75 Å². The average Bonchev–Trinajstić information content (AvgIpc) is 3.33. The van der Waals surface area contributed by atoms with Crippen LogP contribution in [0, 0.1) is 6.92 Å². The molecule has 0 saturated heterocycles. The summed E-state index contributed by atoms with van der Waals surface area (Å²) in [4.78, 5) is 17.4. The molecular weight excluding hydrogens is 506 g/mol. The number of aryl methyl sites for hydroxylation is 1. The number of fused-ring (bicyclic) bond motifs is 1. The Balaban J connectivity index is 1.25. The Morgan fingerprint density at radius 2 is 1.84 bits per heavy atom. The van der Waals surface area contributed by atoms with E-state index in [4.69, 9.17) is 33.0 Å². The van der Waals surface area contributed by atoms with E-state index in [0.717, 1.165) is 22.2 Å². The third-order valence-corrected chi connectivity index (χ3v) is 6.11. The minimum Gasteiger partial charge on any atom is -0.489 e. The first kappa shape index (κ1) is 24.5. The van der Waals surface area contributed by atoms with E-state index < -0.39 is 0 Å². The average molecular weight is 528 g/mol. The quantitative estimate of drug-likeness (QED) is 0.228. The molecule has 0 fully saturated rings. The molecule has 6 nitrogen and oxygen atoms in total. The number of thiocarbonyl (C=S) groups is 1. The normalized spacial score (nSPS) is 10.8. The first-order valence-electron chi connectivity index (χ1n) is 11.5. The molecule has 37 heavy (non-hydrogen) atoms. The van der Waals surface area contributed by atoms with Gasteiger partial charge in [0.05, 0.1) is 10.7 Å². The topological polar surface area (TPSA) is 76.4 Å². The molecule has 0 aliphatic carbocycles. The van der Waals surface area contributed by atoms with Crippen molar-refractivity contribution in [3.05, 3.63) is 113 Å². The SMILES string of the molecule is Cc1ccc2oc(-c3ccc(Cl)c(NC(=S)NC(=O)c4cccc(OCc5ccccc5)c4)c3)nc2c1. The van der Waals surface area contributed by atoms with Gasteiger partial charge in [0.15, 0.2) is 10.7 Å². The minimum absolute atomic E-state index is 0.104. The van der Waals surface area contributed by atoms with E-state index in [1.54, 1.807) is 36.4 Å². The van der Waals surface area contributed by atoms with Gasteiger partial charge in [-0.05, 0) is 78.8 Å². The molecule has 5 rings (SSSR count). The molecular formula is C29H22ClN3O3S. The van der Waals surface area contributed by atoms with Gasteiger partial charge >= 0.3 is 0 Å². The molecule has 0 saturated carbocycles. The molecule has 0 bridgehead atoms. The summed E-state index contributed by atoms with van der Waals surface area (Å²) in [5.41, 5.74) is 5.26. The Hall–Kier alpha value is -4.20. The van der Waals surface area contributed by atoms with Gasteiger partial charge in [-0.15, -0.1) is 0 Å². The second-order valence-electron chi connectivity index (χ2n) is 8.40. The number of anilines is 1. The number of hydrogen-bond acceptors (Lipinski definition) is 5. The maximum atomic E-state index is 12.8. The molecule has 1 heterocycles. The zero-order chi connectivity index (χ0) is 25.8. The molecule has 0 radical (unpaired) electrons. The Morgan fingerprint density at radius 3 is 2.68 bits per heavy atom. The van der Waals surface area contributed by atoms with Crippen molar-refractivity contribution in [3.63, 3.8) is 0 Å². The van der Waals surface area contributed by atoms with Crippen molar-refractivity contribution in [2.75, 3.05) is 5.32 Å². The van der Waals surface area contributed by atoms with Crippen LogP contribution in [0.25, 0.3) is 22.6 Å². The highest BCUT2D eigenvalue weighted by molar-refractivity contribution is 7.80. The lowest BCUT2D eigenvalue weighted by Gasteiger charge is -2.12. The van der Waals surface area contributed by atoms with Crippen molar-refractivity contribution < 1.29 is 13.9 Å². The molecule has 5 aromatic rings. The Labute approximate surface area is 224 Å². The molecule has 0 aliphatic rings. The van der Waals surface area contributed by atoms with E-state index in [9.17, 15) is 4.79 Å². The van der Waals surface area contributed by atoms with Crippen LogP contribution in [0.15, 0.2) is 95.4 Å². The molecule has 0 atom stereocenters. The summed E-state index contributed by atoms with van der Waals surface area (Å²) < 4.78 is 11.7. The van der Waals surface area contributed by atoms with E-state index in [1.165, 1.54) is 0 Å². The van der Waals surface area contributed by atoms with Crippen molar-refractivity contribution in [2.45, 2.75) is 13.5 Å². The number of oxazole rings is 1. The Bertz CT molecular complexity index is 1600. The lowest BCUT2D eigenvalue weighted by Crippen LogP contribution is -2.34. The van der Waals surface area contributed by atoms with Crippen LogP contribution in [-0.2, 0) is 6.61 Å². The Kier molecular flexibility index (Phi) is 7.16. The molecule has 2 N–H and O–H groups in total. The van der Waals surface area contributed by atoms with Crippen molar-refractivity contribution in [3.8, 4) is 17.2 Å². The van der Waals surface area contributed by atoms with E-state index in [0.29, 0.717) is 40.1 Å². The fourth-order valence-electron chi connectivity index (χ4n) is 3.71. The van der Waals surface area contributed by atoms with Gasteiger partial charge in [-0.3, -0.25) is 10.1 Å². The number of carbonyl (C=O) groups excluding carboxylic acids is 1. The zero-order valence-corrected chi connectivity index (χ0v) is 21.4. The van der Waals surface area contributed by atoms with Crippen LogP contribution in [-0.4, -0.2) is 16.0 Å². The number of halogens is 1. The van der Waals surface area contributed by atoms with Crippen LogP contribution in [0.1, 0.15) is 21.5 Å². The fourth-order valence-corrected chi connectivity index (χ4v) is 4.08. The molecule has 184 valence electrons. The highest BCUT2D eigenvalue weighted by atomic mass is 35.5. The van der Waals surface area contributed by atoms with Crippen LogP contribution >= 0.6 is 23.8 Å². The number of nitrogens with zero attached hydrogens (tertiary/aromatic N) is 1. The smallest absolute Gasteiger partial charge is 0.257 e. The Morgan fingerprint density at radius 1 is 1.00 bits per heavy atom. The van der Waals surface area contributed by atoms with Crippen LogP contribution in [0.3, 0.4) is 0 Å². The van der Waals surface area contributed by atoms with Crippen LogP contribution in [0.4, 0.5) is 5.69 Å². The fraction of sp³-hybridized carbons (Fsp3) is 0.0690. The monoisotopic (exact) mass is 527 g/mol. The predicted octanol–water partition coefficient (Wildman–Crippen LogP) is 7.16. The summed E-state index contributed by atoms with van der Waals surface area (Å²) in [6, 6.07) is 27.9. The summed E-state index contributed by atoms with van der Waals surface area (Å²) in [5.74, 6) is 0.673. The maximum absolute atomic E-state index is 12.8. The first-order chi connectivity index (χ1) is 17.9. The third-order valence-electron chi connectivity index (χ3n) is 5.58. The van der Waals surface area contributed by atoms with E-state index in [2.05, 4.69) is 15.6 Å². The molecule has 1 aromatic heterocycles. The van der Waals surface area contributed by atoms with Crippen molar-refractivity contribution in [1.29, 1.82) is 0 Å². The summed E-state index contributed by atoms with van der Waals surface area (Å²) in [6.07, 6.45) is 0. The van der Waals surface area contributed by atoms with Gasteiger partial charge in [0.1, 0.15) is 17.9 Å². The second-order valence-corrected chi connectivity index (χ2v) is 9.21.